The maximum atomic E-state index is 13.5. The Morgan fingerprint density at radius 1 is 1.00 bits per heavy atom. The molecule has 2 fully saturated rings. The third kappa shape index (κ3) is 10.6. The van der Waals surface area contributed by atoms with Gasteiger partial charge in [-0.05, 0) is 111 Å². The monoisotopic (exact) mass is 731 g/mol. The lowest BCUT2D eigenvalue weighted by molar-refractivity contribution is -0.212. The summed E-state index contributed by atoms with van der Waals surface area (Å²) in [6.07, 6.45) is 8.49. The van der Waals surface area contributed by atoms with Gasteiger partial charge in [-0.2, -0.15) is 0 Å². The molecule has 0 aromatic heterocycles. The van der Waals surface area contributed by atoms with Crippen molar-refractivity contribution in [3.8, 4) is 5.75 Å². The number of rotatable bonds is 12. The van der Waals surface area contributed by atoms with Gasteiger partial charge in [-0.1, -0.05) is 51.3 Å². The molecule has 0 spiro atoms. The molecule has 1 saturated heterocycles. The standard InChI is InChI=1S/C39H58ClN3O6S/c1-6-9-27(2)28(3)26-50(45,46)41-39(44)32-14-16-37-36(21-32)43(18-8-7-10-30-20-34(40)15-13-29(30)17-19-47-37)23-33-12-11-31(33)22-38-48-24-35(25-49-38)42(4)5/h13-16,20-21,27-28,31,33,35,38H,6-12,17-19,22-26H2,1-5H3,(H,41,44)/t27-,28+,31-,33-,35?,38?/m0/s1. The van der Waals surface area contributed by atoms with Gasteiger partial charge in [-0.25, -0.2) is 13.1 Å². The highest BCUT2D eigenvalue weighted by Gasteiger charge is 2.37. The minimum absolute atomic E-state index is 0.0592. The molecular weight excluding hydrogens is 674 g/mol. The quantitative estimate of drug-likeness (QED) is 0.251. The highest BCUT2D eigenvalue weighted by molar-refractivity contribution is 7.90. The topological polar surface area (TPSA) is 97.4 Å². The summed E-state index contributed by atoms with van der Waals surface area (Å²) in [6, 6.07) is 11.7. The average Bonchev–Trinajstić information content (AvgIpc) is 3.06. The van der Waals surface area contributed by atoms with Crippen LogP contribution in [0, 0.1) is 23.7 Å². The molecule has 1 saturated carbocycles. The summed E-state index contributed by atoms with van der Waals surface area (Å²) in [7, 11) is 0.289. The molecule has 50 heavy (non-hydrogen) atoms. The number of nitrogens with zero attached hydrogens (tertiary/aromatic N) is 2. The van der Waals surface area contributed by atoms with Gasteiger partial charge in [0.25, 0.3) is 5.91 Å². The molecule has 4 atom stereocenters. The van der Waals surface area contributed by atoms with Crippen LogP contribution in [0.5, 0.6) is 5.75 Å². The minimum Gasteiger partial charge on any atom is -0.491 e. The number of benzene rings is 2. The van der Waals surface area contributed by atoms with Gasteiger partial charge in [0.2, 0.25) is 10.0 Å². The number of sulfonamides is 1. The zero-order chi connectivity index (χ0) is 35.8. The van der Waals surface area contributed by atoms with Crippen molar-refractivity contribution >= 4 is 33.2 Å². The predicted molar refractivity (Wildman–Crippen MR) is 201 cm³/mol. The molecule has 2 aliphatic heterocycles. The lowest BCUT2D eigenvalue weighted by Gasteiger charge is -2.43. The van der Waals surface area contributed by atoms with Crippen molar-refractivity contribution in [3.05, 3.63) is 58.1 Å². The Balaban J connectivity index is 1.35. The van der Waals surface area contributed by atoms with E-state index in [9.17, 15) is 13.2 Å². The van der Waals surface area contributed by atoms with Crippen molar-refractivity contribution in [2.45, 2.75) is 90.9 Å². The van der Waals surface area contributed by atoms with Crippen LogP contribution < -0.4 is 14.4 Å². The van der Waals surface area contributed by atoms with E-state index in [-0.39, 0.29) is 29.9 Å². The van der Waals surface area contributed by atoms with Crippen molar-refractivity contribution in [1.29, 1.82) is 0 Å². The zero-order valence-corrected chi connectivity index (χ0v) is 32.2. The van der Waals surface area contributed by atoms with Crippen LogP contribution >= 0.6 is 11.6 Å². The molecule has 2 aromatic rings. The Bertz CT molecular complexity index is 1530. The van der Waals surface area contributed by atoms with Gasteiger partial charge < -0.3 is 24.0 Å². The third-order valence-corrected chi connectivity index (χ3v) is 12.8. The van der Waals surface area contributed by atoms with E-state index in [4.69, 9.17) is 25.8 Å². The Hall–Kier alpha value is -2.37. The average molecular weight is 732 g/mol. The molecule has 1 amide bonds. The Morgan fingerprint density at radius 2 is 1.76 bits per heavy atom. The third-order valence-electron chi connectivity index (χ3n) is 11.1. The number of nitrogens with one attached hydrogen (secondary N) is 1. The zero-order valence-electron chi connectivity index (χ0n) is 30.7. The van der Waals surface area contributed by atoms with Gasteiger partial charge in [0.1, 0.15) is 5.75 Å². The number of hydrogen-bond donors (Lipinski definition) is 1. The summed E-state index contributed by atoms with van der Waals surface area (Å²) in [5.74, 6) is 1.12. The summed E-state index contributed by atoms with van der Waals surface area (Å²) in [4.78, 5) is 18.0. The van der Waals surface area contributed by atoms with Gasteiger partial charge in [0.05, 0.1) is 37.3 Å². The summed E-state index contributed by atoms with van der Waals surface area (Å²) >= 11 is 6.38. The van der Waals surface area contributed by atoms with Crippen molar-refractivity contribution in [3.63, 3.8) is 0 Å². The van der Waals surface area contributed by atoms with E-state index >= 15 is 0 Å². The molecule has 1 aliphatic carbocycles. The number of amides is 1. The number of aryl methyl sites for hydroxylation is 1. The number of fused-ring (bicyclic) bond motifs is 2. The number of carbonyl (C=O) groups is 1. The predicted octanol–water partition coefficient (Wildman–Crippen LogP) is 6.96. The summed E-state index contributed by atoms with van der Waals surface area (Å²) in [5, 5.41) is 0.751. The van der Waals surface area contributed by atoms with Crippen LogP contribution in [0.4, 0.5) is 5.69 Å². The van der Waals surface area contributed by atoms with E-state index in [2.05, 4.69) is 54.6 Å². The first kappa shape index (κ1) is 38.9. The molecule has 2 aromatic carbocycles. The SMILES string of the molecule is CCC[C@H](C)[C@H](C)CS(=O)(=O)NC(=O)c1ccc2c(c1)N(C[C@@H]1CC[C@H]1CC1OCC(N(C)C)CO1)CCCCc1cc(Cl)ccc1CCO2. The Labute approximate surface area is 305 Å². The normalized spacial score (nSPS) is 24.4. The molecule has 0 unspecified atom stereocenters. The summed E-state index contributed by atoms with van der Waals surface area (Å²) in [6.45, 7) is 9.53. The molecule has 0 radical (unpaired) electrons. The second kappa shape index (κ2) is 17.9. The maximum absolute atomic E-state index is 13.5. The number of halogens is 1. The molecule has 3 aliphatic rings. The van der Waals surface area contributed by atoms with E-state index in [0.717, 1.165) is 81.6 Å². The summed E-state index contributed by atoms with van der Waals surface area (Å²) < 4.78 is 47.3. The first-order valence-electron chi connectivity index (χ1n) is 18.7. The van der Waals surface area contributed by atoms with Gasteiger partial charge >= 0.3 is 0 Å². The molecule has 9 nitrogen and oxygen atoms in total. The fourth-order valence-electron chi connectivity index (χ4n) is 7.48. The highest BCUT2D eigenvalue weighted by Crippen LogP contribution is 2.41. The van der Waals surface area contributed by atoms with E-state index in [1.165, 1.54) is 11.1 Å². The van der Waals surface area contributed by atoms with Gasteiger partial charge in [0.15, 0.2) is 6.29 Å². The molecule has 5 rings (SSSR count). The Kier molecular flexibility index (Phi) is 13.9. The van der Waals surface area contributed by atoms with Crippen molar-refractivity contribution in [1.82, 2.24) is 9.62 Å². The fourth-order valence-corrected chi connectivity index (χ4v) is 9.18. The largest absolute Gasteiger partial charge is 0.491 e. The van der Waals surface area contributed by atoms with Crippen LogP contribution in [0.15, 0.2) is 36.4 Å². The second-order valence-electron chi connectivity index (χ2n) is 15.1. The van der Waals surface area contributed by atoms with Gasteiger partial charge in [-0.3, -0.25) is 4.79 Å². The molecule has 0 bridgehead atoms. The second-order valence-corrected chi connectivity index (χ2v) is 17.3. The van der Waals surface area contributed by atoms with Gasteiger partial charge in [0, 0.05) is 36.5 Å². The highest BCUT2D eigenvalue weighted by atomic mass is 35.5. The van der Waals surface area contributed by atoms with Crippen LogP contribution in [0.2, 0.25) is 5.02 Å². The smallest absolute Gasteiger partial charge is 0.264 e. The molecule has 1 N–H and O–H groups in total. The minimum atomic E-state index is -3.81. The molecule has 11 heteroatoms. The molecule has 2 heterocycles. The summed E-state index contributed by atoms with van der Waals surface area (Å²) in [5.41, 5.74) is 3.65. The number of ether oxygens (including phenoxy) is 3. The molecular formula is C39H58ClN3O6S. The number of hydrogen-bond acceptors (Lipinski definition) is 8. The number of likely N-dealkylation sites (N-methyl/N-ethyl adjacent to an activating group) is 1. The van der Waals surface area contributed by atoms with Crippen LogP contribution in [-0.4, -0.2) is 84.3 Å². The fraction of sp³-hybridized carbons (Fsp3) is 0.667. The first-order valence-corrected chi connectivity index (χ1v) is 20.7. The Morgan fingerprint density at radius 3 is 2.46 bits per heavy atom. The lowest BCUT2D eigenvalue weighted by Crippen LogP contribution is -2.46. The van der Waals surface area contributed by atoms with E-state index < -0.39 is 15.9 Å². The van der Waals surface area contributed by atoms with Crippen molar-refractivity contribution in [2.75, 3.05) is 57.7 Å². The van der Waals surface area contributed by atoms with Crippen LogP contribution in [0.25, 0.3) is 0 Å². The lowest BCUT2D eigenvalue weighted by atomic mass is 9.71. The van der Waals surface area contributed by atoms with Gasteiger partial charge in [-0.15, -0.1) is 0 Å². The number of anilines is 1. The van der Waals surface area contributed by atoms with E-state index in [0.29, 0.717) is 43.0 Å². The van der Waals surface area contributed by atoms with Crippen LogP contribution in [-0.2, 0) is 32.3 Å². The number of carbonyl (C=O) groups excluding carboxylic acids is 1. The van der Waals surface area contributed by atoms with Crippen LogP contribution in [0.3, 0.4) is 0 Å². The first-order chi connectivity index (χ1) is 23.9. The molecule has 278 valence electrons. The van der Waals surface area contributed by atoms with Crippen molar-refractivity contribution < 1.29 is 27.4 Å². The van der Waals surface area contributed by atoms with Crippen LogP contribution in [0.1, 0.15) is 87.2 Å². The van der Waals surface area contributed by atoms with E-state index in [1.807, 2.05) is 25.1 Å². The van der Waals surface area contributed by atoms with E-state index in [1.54, 1.807) is 6.07 Å². The maximum Gasteiger partial charge on any atom is 0.264 e. The van der Waals surface area contributed by atoms with Crippen molar-refractivity contribution in [2.24, 2.45) is 23.7 Å².